The zero-order chi connectivity index (χ0) is 7.40. The molecule has 0 saturated heterocycles. The molecule has 1 saturated carbocycles. The zero-order valence-corrected chi connectivity index (χ0v) is 6.60. The van der Waals surface area contributed by atoms with Crippen LogP contribution in [0.4, 0.5) is 0 Å². The third-order valence-corrected chi connectivity index (χ3v) is 2.03. The molecule has 2 heteroatoms. The van der Waals surface area contributed by atoms with E-state index in [1.807, 2.05) is 6.08 Å². The molecule has 0 unspecified atom stereocenters. The normalized spacial score (nSPS) is 20.5. The van der Waals surface area contributed by atoms with E-state index < -0.39 is 0 Å². The maximum absolute atomic E-state index is 10.3. The smallest absolute Gasteiger partial charge is 0.244 e. The summed E-state index contributed by atoms with van der Waals surface area (Å²) in [4.78, 5) is 10.3. The van der Waals surface area contributed by atoms with Crippen LogP contribution in [-0.2, 0) is 4.79 Å². The van der Waals surface area contributed by atoms with Crippen molar-refractivity contribution in [3.8, 4) is 0 Å². The van der Waals surface area contributed by atoms with Crippen molar-refractivity contribution in [3.05, 3.63) is 12.2 Å². The maximum atomic E-state index is 10.3. The molecule has 0 amide bonds. The maximum Gasteiger partial charge on any atom is 0.244 e. The standard InChI is InChI=1S/C8H11ClO/c9-8(10)6-5-7-3-1-2-4-7/h5-7H,1-4H2. The summed E-state index contributed by atoms with van der Waals surface area (Å²) >= 11 is 5.13. The van der Waals surface area contributed by atoms with Crippen LogP contribution in [-0.4, -0.2) is 5.24 Å². The van der Waals surface area contributed by atoms with Gasteiger partial charge < -0.3 is 0 Å². The lowest BCUT2D eigenvalue weighted by molar-refractivity contribution is -0.107. The predicted octanol–water partition coefficient (Wildman–Crippen LogP) is 2.50. The van der Waals surface area contributed by atoms with E-state index in [1.54, 1.807) is 0 Å². The number of halogens is 1. The van der Waals surface area contributed by atoms with Gasteiger partial charge in [-0.1, -0.05) is 18.9 Å². The second-order valence-corrected chi connectivity index (χ2v) is 3.08. The first kappa shape index (κ1) is 7.80. The number of hydrogen-bond donors (Lipinski definition) is 0. The lowest BCUT2D eigenvalue weighted by atomic mass is 10.1. The Balaban J connectivity index is 2.29. The van der Waals surface area contributed by atoms with Gasteiger partial charge >= 0.3 is 0 Å². The van der Waals surface area contributed by atoms with Crippen LogP contribution in [0.5, 0.6) is 0 Å². The highest BCUT2D eigenvalue weighted by atomic mass is 35.5. The van der Waals surface area contributed by atoms with Gasteiger partial charge in [0, 0.05) is 0 Å². The van der Waals surface area contributed by atoms with Crippen molar-refractivity contribution in [2.45, 2.75) is 25.7 Å². The van der Waals surface area contributed by atoms with Crippen molar-refractivity contribution in [2.24, 2.45) is 5.92 Å². The topological polar surface area (TPSA) is 17.1 Å². The third kappa shape index (κ3) is 2.53. The Morgan fingerprint density at radius 3 is 2.50 bits per heavy atom. The van der Waals surface area contributed by atoms with Crippen LogP contribution >= 0.6 is 11.6 Å². The molecule has 0 N–H and O–H groups in total. The quantitative estimate of drug-likeness (QED) is 0.446. The van der Waals surface area contributed by atoms with E-state index in [1.165, 1.54) is 31.8 Å². The van der Waals surface area contributed by atoms with Gasteiger partial charge in [-0.15, -0.1) is 0 Å². The van der Waals surface area contributed by atoms with Crippen molar-refractivity contribution in [2.75, 3.05) is 0 Å². The van der Waals surface area contributed by atoms with Gasteiger partial charge in [0.1, 0.15) is 0 Å². The van der Waals surface area contributed by atoms with Crippen molar-refractivity contribution >= 4 is 16.8 Å². The lowest BCUT2D eigenvalue weighted by Gasteiger charge is -1.96. The van der Waals surface area contributed by atoms with Crippen LogP contribution in [0.1, 0.15) is 25.7 Å². The highest BCUT2D eigenvalue weighted by Crippen LogP contribution is 2.25. The highest BCUT2D eigenvalue weighted by Gasteiger charge is 2.11. The molecule has 1 fully saturated rings. The minimum atomic E-state index is -0.355. The Morgan fingerprint density at radius 1 is 1.40 bits per heavy atom. The largest absolute Gasteiger partial charge is 0.276 e. The molecule has 0 radical (unpaired) electrons. The van der Waals surface area contributed by atoms with E-state index in [-0.39, 0.29) is 5.24 Å². The Kier molecular flexibility index (Phi) is 2.94. The van der Waals surface area contributed by atoms with E-state index in [9.17, 15) is 4.79 Å². The molecule has 1 aliphatic rings. The molecule has 0 aromatic heterocycles. The summed E-state index contributed by atoms with van der Waals surface area (Å²) in [5.41, 5.74) is 0. The first-order valence-corrected chi connectivity index (χ1v) is 4.04. The van der Waals surface area contributed by atoms with Crippen LogP contribution < -0.4 is 0 Å². The van der Waals surface area contributed by atoms with Gasteiger partial charge in [0.25, 0.3) is 0 Å². The minimum Gasteiger partial charge on any atom is -0.276 e. The average Bonchev–Trinajstić information content (AvgIpc) is 2.34. The monoisotopic (exact) mass is 158 g/mol. The minimum absolute atomic E-state index is 0.355. The average molecular weight is 159 g/mol. The molecular weight excluding hydrogens is 148 g/mol. The number of hydrogen-bond acceptors (Lipinski definition) is 1. The molecule has 0 spiro atoms. The molecule has 1 rings (SSSR count). The van der Waals surface area contributed by atoms with E-state index in [4.69, 9.17) is 11.6 Å². The van der Waals surface area contributed by atoms with E-state index in [0.717, 1.165) is 0 Å². The third-order valence-electron chi connectivity index (χ3n) is 1.90. The molecule has 1 aliphatic carbocycles. The van der Waals surface area contributed by atoms with Gasteiger partial charge in [0.05, 0.1) is 0 Å². The second-order valence-electron chi connectivity index (χ2n) is 2.71. The first-order valence-electron chi connectivity index (χ1n) is 3.66. The van der Waals surface area contributed by atoms with Crippen LogP contribution in [0.3, 0.4) is 0 Å². The van der Waals surface area contributed by atoms with Crippen molar-refractivity contribution in [3.63, 3.8) is 0 Å². The van der Waals surface area contributed by atoms with Crippen LogP contribution in [0.2, 0.25) is 0 Å². The predicted molar refractivity (Wildman–Crippen MR) is 42.0 cm³/mol. The van der Waals surface area contributed by atoms with Crippen molar-refractivity contribution in [1.29, 1.82) is 0 Å². The summed E-state index contributed by atoms with van der Waals surface area (Å²) in [5.74, 6) is 0.614. The zero-order valence-electron chi connectivity index (χ0n) is 5.85. The summed E-state index contributed by atoms with van der Waals surface area (Å²) in [7, 11) is 0. The van der Waals surface area contributed by atoms with E-state index in [2.05, 4.69) is 0 Å². The lowest BCUT2D eigenvalue weighted by Crippen LogP contribution is -1.87. The van der Waals surface area contributed by atoms with E-state index in [0.29, 0.717) is 5.92 Å². The fourth-order valence-electron chi connectivity index (χ4n) is 1.36. The molecule has 0 aliphatic heterocycles. The Hall–Kier alpha value is -0.300. The molecule has 0 bridgehead atoms. The fraction of sp³-hybridized carbons (Fsp3) is 0.625. The second kappa shape index (κ2) is 3.77. The summed E-state index contributed by atoms with van der Waals surface area (Å²) < 4.78 is 0. The van der Waals surface area contributed by atoms with Crippen LogP contribution in [0, 0.1) is 5.92 Å². The first-order chi connectivity index (χ1) is 4.79. The summed E-state index contributed by atoms with van der Waals surface area (Å²) in [6, 6.07) is 0. The number of allylic oxidation sites excluding steroid dienone is 2. The molecule has 56 valence electrons. The van der Waals surface area contributed by atoms with Gasteiger partial charge in [-0.2, -0.15) is 0 Å². The molecule has 0 aromatic rings. The number of carbonyl (C=O) groups excluding carboxylic acids is 1. The molecule has 0 aromatic carbocycles. The number of rotatable bonds is 2. The van der Waals surface area contributed by atoms with Gasteiger partial charge in [0.15, 0.2) is 0 Å². The highest BCUT2D eigenvalue weighted by molar-refractivity contribution is 6.66. The van der Waals surface area contributed by atoms with Gasteiger partial charge in [-0.25, -0.2) is 0 Å². The van der Waals surface area contributed by atoms with Gasteiger partial charge in [-0.05, 0) is 36.4 Å². The summed E-state index contributed by atoms with van der Waals surface area (Å²) in [6.07, 6.45) is 8.44. The molecule has 0 heterocycles. The Labute approximate surface area is 66.1 Å². The number of carbonyl (C=O) groups is 1. The van der Waals surface area contributed by atoms with Crippen molar-refractivity contribution < 1.29 is 4.79 Å². The molecule has 0 atom stereocenters. The molecule has 1 nitrogen and oxygen atoms in total. The molecular formula is C8H11ClO. The van der Waals surface area contributed by atoms with Crippen LogP contribution in [0.25, 0.3) is 0 Å². The fourth-order valence-corrected chi connectivity index (χ4v) is 1.43. The van der Waals surface area contributed by atoms with Gasteiger partial charge in [-0.3, -0.25) is 4.79 Å². The Bertz CT molecular complexity index is 145. The van der Waals surface area contributed by atoms with E-state index >= 15 is 0 Å². The summed E-state index contributed by atoms with van der Waals surface area (Å²) in [6.45, 7) is 0. The van der Waals surface area contributed by atoms with Crippen molar-refractivity contribution in [1.82, 2.24) is 0 Å². The van der Waals surface area contributed by atoms with Gasteiger partial charge in [0.2, 0.25) is 5.24 Å². The van der Waals surface area contributed by atoms with Crippen LogP contribution in [0.15, 0.2) is 12.2 Å². The SMILES string of the molecule is O=C(Cl)C=CC1CCCC1. The summed E-state index contributed by atoms with van der Waals surface area (Å²) in [5, 5.41) is -0.355. The molecule has 10 heavy (non-hydrogen) atoms. The Morgan fingerprint density at radius 2 is 2.00 bits per heavy atom.